The molecule has 3 heterocycles. The van der Waals surface area contributed by atoms with Crippen LogP contribution >= 0.6 is 23.2 Å². The Hall–Kier alpha value is -3.02. The number of fused-ring (bicyclic) bond motifs is 3. The van der Waals surface area contributed by atoms with E-state index in [1.54, 1.807) is 29.8 Å². The molecule has 0 fully saturated rings. The average molecular weight is 451 g/mol. The van der Waals surface area contributed by atoms with E-state index in [0.717, 1.165) is 39.7 Å². The van der Waals surface area contributed by atoms with E-state index in [1.165, 1.54) is 0 Å². The second-order valence-electron chi connectivity index (χ2n) is 7.63. The minimum Gasteiger partial charge on any atom is -0.330 e. The molecule has 3 aromatic heterocycles. The number of hydrogen-bond acceptors (Lipinski definition) is 2. The molecule has 0 saturated heterocycles. The summed E-state index contributed by atoms with van der Waals surface area (Å²) in [5, 5.41) is 7.66. The lowest BCUT2D eigenvalue weighted by Crippen LogP contribution is -2.20. The Morgan fingerprint density at radius 3 is 2.42 bits per heavy atom. The third kappa shape index (κ3) is 3.08. The zero-order chi connectivity index (χ0) is 21.9. The van der Waals surface area contributed by atoms with E-state index in [4.69, 9.17) is 23.2 Å². The predicted octanol–water partition coefficient (Wildman–Crippen LogP) is 5.89. The number of hydrogen-bond donors (Lipinski definition) is 0. The number of nitrogens with zero attached hydrogens (tertiary/aromatic N) is 4. The van der Waals surface area contributed by atoms with Crippen LogP contribution in [0.15, 0.2) is 59.5 Å². The Bertz CT molecular complexity index is 1540. The maximum atomic E-state index is 13.2. The van der Waals surface area contributed by atoms with E-state index in [9.17, 15) is 4.79 Å². The number of pyridine rings is 1. The van der Waals surface area contributed by atoms with Gasteiger partial charge < -0.3 is 4.57 Å². The number of halogens is 2. The van der Waals surface area contributed by atoms with Crippen molar-refractivity contribution in [1.82, 2.24) is 18.9 Å². The van der Waals surface area contributed by atoms with Crippen LogP contribution in [0.1, 0.15) is 6.92 Å². The molecule has 0 saturated carbocycles. The number of aryl methyl sites for hydroxylation is 3. The lowest BCUT2D eigenvalue weighted by atomic mass is 10.0. The smallest absolute Gasteiger partial charge is 0.259 e. The van der Waals surface area contributed by atoms with Crippen molar-refractivity contribution in [2.75, 3.05) is 0 Å². The van der Waals surface area contributed by atoms with Crippen molar-refractivity contribution in [1.29, 1.82) is 0 Å². The summed E-state index contributed by atoms with van der Waals surface area (Å²) in [6.07, 6.45) is 1.98. The van der Waals surface area contributed by atoms with Crippen molar-refractivity contribution >= 4 is 45.1 Å². The molecule has 156 valence electrons. The van der Waals surface area contributed by atoms with Gasteiger partial charge in [-0.1, -0.05) is 35.3 Å². The van der Waals surface area contributed by atoms with Crippen molar-refractivity contribution in [3.05, 3.63) is 75.1 Å². The zero-order valence-electron chi connectivity index (χ0n) is 17.4. The standard InChI is InChI=1S/C24H20Cl2N4O/c1-4-30-10-9-21(27-30)14-5-8-22-17(11-14)18-13-19(16-7-6-15(25)12-20(16)26)24(31)29(3)23(18)28(22)2/h5-13H,4H2,1-3H3. The molecule has 0 spiro atoms. The van der Waals surface area contributed by atoms with Gasteiger partial charge in [0.05, 0.1) is 16.2 Å². The Kier molecular flexibility index (Phi) is 4.68. The summed E-state index contributed by atoms with van der Waals surface area (Å²) in [5.41, 5.74) is 4.96. The molecule has 2 aromatic carbocycles. The highest BCUT2D eigenvalue weighted by atomic mass is 35.5. The van der Waals surface area contributed by atoms with Gasteiger partial charge in [0.2, 0.25) is 0 Å². The van der Waals surface area contributed by atoms with Crippen LogP contribution in [0, 0.1) is 0 Å². The summed E-state index contributed by atoms with van der Waals surface area (Å²) >= 11 is 12.5. The molecular weight excluding hydrogens is 431 g/mol. The fourth-order valence-electron chi connectivity index (χ4n) is 4.24. The Labute approximate surface area is 189 Å². The van der Waals surface area contributed by atoms with Gasteiger partial charge in [0.25, 0.3) is 5.56 Å². The van der Waals surface area contributed by atoms with E-state index >= 15 is 0 Å². The maximum absolute atomic E-state index is 13.2. The minimum absolute atomic E-state index is 0.107. The van der Waals surface area contributed by atoms with E-state index < -0.39 is 0 Å². The molecule has 0 atom stereocenters. The summed E-state index contributed by atoms with van der Waals surface area (Å²) in [6.45, 7) is 2.89. The van der Waals surface area contributed by atoms with E-state index in [0.29, 0.717) is 21.2 Å². The molecule has 5 nitrogen and oxygen atoms in total. The first-order chi connectivity index (χ1) is 14.9. The van der Waals surface area contributed by atoms with Crippen molar-refractivity contribution in [3.8, 4) is 22.4 Å². The minimum atomic E-state index is -0.107. The van der Waals surface area contributed by atoms with Gasteiger partial charge in [0.1, 0.15) is 5.65 Å². The number of benzene rings is 2. The fraction of sp³-hybridized carbons (Fsp3) is 0.167. The highest BCUT2D eigenvalue weighted by Gasteiger charge is 2.18. The fourth-order valence-corrected chi connectivity index (χ4v) is 4.75. The third-order valence-corrected chi connectivity index (χ3v) is 6.38. The molecule has 0 radical (unpaired) electrons. The normalized spacial score (nSPS) is 11.6. The number of rotatable bonds is 3. The second-order valence-corrected chi connectivity index (χ2v) is 8.47. The molecule has 0 bridgehead atoms. The first-order valence-electron chi connectivity index (χ1n) is 10.0. The SMILES string of the molecule is CCn1ccc(-c2ccc3c(c2)c2cc(-c4ccc(Cl)cc4Cl)c(=O)n(C)c2n3C)n1. The Morgan fingerprint density at radius 1 is 0.903 bits per heavy atom. The first kappa shape index (κ1) is 19.9. The van der Waals surface area contributed by atoms with Crippen LogP contribution < -0.4 is 5.56 Å². The lowest BCUT2D eigenvalue weighted by molar-refractivity contribution is 0.662. The second kappa shape index (κ2) is 7.29. The topological polar surface area (TPSA) is 44.8 Å². The van der Waals surface area contributed by atoms with Crippen LogP contribution in [0.3, 0.4) is 0 Å². The van der Waals surface area contributed by atoms with Crippen LogP contribution in [0.5, 0.6) is 0 Å². The molecule has 0 N–H and O–H groups in total. The molecule has 7 heteroatoms. The summed E-state index contributed by atoms with van der Waals surface area (Å²) in [7, 11) is 3.77. The van der Waals surface area contributed by atoms with Crippen molar-refractivity contribution < 1.29 is 0 Å². The largest absolute Gasteiger partial charge is 0.330 e. The van der Waals surface area contributed by atoms with Gasteiger partial charge in [0, 0.05) is 59.3 Å². The molecule has 31 heavy (non-hydrogen) atoms. The van der Waals surface area contributed by atoms with Gasteiger partial charge in [0.15, 0.2) is 0 Å². The maximum Gasteiger partial charge on any atom is 0.259 e. The molecule has 5 rings (SSSR count). The van der Waals surface area contributed by atoms with E-state index in [1.807, 2.05) is 34.6 Å². The first-order valence-corrected chi connectivity index (χ1v) is 10.8. The zero-order valence-corrected chi connectivity index (χ0v) is 18.9. The lowest BCUT2D eigenvalue weighted by Gasteiger charge is -2.09. The van der Waals surface area contributed by atoms with Crippen LogP contribution in [-0.4, -0.2) is 18.9 Å². The van der Waals surface area contributed by atoms with Gasteiger partial charge >= 0.3 is 0 Å². The average Bonchev–Trinajstić information content (AvgIpc) is 3.34. The third-order valence-electron chi connectivity index (χ3n) is 5.83. The van der Waals surface area contributed by atoms with Crippen LogP contribution in [-0.2, 0) is 20.6 Å². The summed E-state index contributed by atoms with van der Waals surface area (Å²) in [6, 6.07) is 15.4. The molecule has 0 aliphatic heterocycles. The highest BCUT2D eigenvalue weighted by Crippen LogP contribution is 2.35. The van der Waals surface area contributed by atoms with E-state index in [2.05, 4.69) is 30.2 Å². The molecule has 5 aromatic rings. The summed E-state index contributed by atoms with van der Waals surface area (Å²) < 4.78 is 5.64. The van der Waals surface area contributed by atoms with Crippen LogP contribution in [0.2, 0.25) is 10.0 Å². The van der Waals surface area contributed by atoms with E-state index in [-0.39, 0.29) is 5.56 Å². The van der Waals surface area contributed by atoms with Gasteiger partial charge in [-0.05, 0) is 43.3 Å². The predicted molar refractivity (Wildman–Crippen MR) is 128 cm³/mol. The molecule has 0 amide bonds. The van der Waals surface area contributed by atoms with Crippen LogP contribution in [0.4, 0.5) is 0 Å². The van der Waals surface area contributed by atoms with Gasteiger partial charge in [-0.15, -0.1) is 0 Å². The highest BCUT2D eigenvalue weighted by molar-refractivity contribution is 6.36. The monoisotopic (exact) mass is 450 g/mol. The van der Waals surface area contributed by atoms with Gasteiger partial charge in [-0.3, -0.25) is 14.0 Å². The Balaban J connectivity index is 1.82. The van der Waals surface area contributed by atoms with Crippen molar-refractivity contribution in [3.63, 3.8) is 0 Å². The van der Waals surface area contributed by atoms with Gasteiger partial charge in [-0.25, -0.2) is 0 Å². The summed E-state index contributed by atoms with van der Waals surface area (Å²) in [4.78, 5) is 13.2. The van der Waals surface area contributed by atoms with Gasteiger partial charge in [-0.2, -0.15) is 5.10 Å². The molecular formula is C24H20Cl2N4O. The number of aromatic nitrogens is 4. The molecule has 0 aliphatic rings. The summed E-state index contributed by atoms with van der Waals surface area (Å²) in [5.74, 6) is 0. The molecule has 0 unspecified atom stereocenters. The molecule has 0 aliphatic carbocycles. The van der Waals surface area contributed by atoms with Crippen molar-refractivity contribution in [2.45, 2.75) is 13.5 Å². The van der Waals surface area contributed by atoms with Crippen LogP contribution in [0.25, 0.3) is 44.3 Å². The quantitative estimate of drug-likeness (QED) is 0.344. The Morgan fingerprint density at radius 2 is 1.71 bits per heavy atom. The van der Waals surface area contributed by atoms with Crippen molar-refractivity contribution in [2.24, 2.45) is 14.1 Å².